The van der Waals surface area contributed by atoms with Crippen molar-refractivity contribution in [1.29, 1.82) is 0 Å². The highest BCUT2D eigenvalue weighted by Crippen LogP contribution is 2.43. The van der Waals surface area contributed by atoms with E-state index >= 15 is 0 Å². The largest absolute Gasteiger partial charge is 0.490 e. The molecule has 1 fully saturated rings. The number of hydrogen-bond acceptors (Lipinski definition) is 4. The molecule has 0 spiro atoms. The molecule has 1 aliphatic carbocycles. The first-order valence-corrected chi connectivity index (χ1v) is 6.78. The number of ether oxygens (including phenoxy) is 2. The first-order chi connectivity index (χ1) is 9.24. The zero-order valence-corrected chi connectivity index (χ0v) is 11.1. The minimum atomic E-state index is -0.165. The van der Waals surface area contributed by atoms with E-state index < -0.39 is 0 Å². The molecule has 104 valence electrons. The Morgan fingerprint density at radius 3 is 2.53 bits per heavy atom. The second kappa shape index (κ2) is 6.57. The van der Waals surface area contributed by atoms with E-state index in [2.05, 4.69) is 0 Å². The molecule has 19 heavy (non-hydrogen) atoms. The fourth-order valence-corrected chi connectivity index (χ4v) is 2.32. The molecule has 0 radical (unpaired) electrons. The predicted molar refractivity (Wildman–Crippen MR) is 72.9 cm³/mol. The second-order valence-corrected chi connectivity index (χ2v) is 5.12. The zero-order chi connectivity index (χ0) is 13.6. The van der Waals surface area contributed by atoms with E-state index in [1.165, 1.54) is 6.42 Å². The van der Waals surface area contributed by atoms with Gasteiger partial charge < -0.3 is 15.2 Å². The van der Waals surface area contributed by atoms with Gasteiger partial charge in [-0.25, -0.2) is 0 Å². The van der Waals surface area contributed by atoms with Crippen molar-refractivity contribution in [2.45, 2.75) is 25.7 Å². The highest BCUT2D eigenvalue weighted by atomic mass is 16.6. The number of hydrogen-bond donors (Lipinski definition) is 1. The van der Waals surface area contributed by atoms with Gasteiger partial charge in [-0.15, -0.1) is 0 Å². The van der Waals surface area contributed by atoms with Crippen molar-refractivity contribution in [3.8, 4) is 5.75 Å². The van der Waals surface area contributed by atoms with Gasteiger partial charge in [-0.05, 0) is 36.9 Å². The molecule has 0 saturated heterocycles. The Morgan fingerprint density at radius 1 is 1.21 bits per heavy atom. The minimum Gasteiger partial charge on any atom is -0.490 e. The predicted octanol–water partition coefficient (Wildman–Crippen LogP) is 2.13. The lowest BCUT2D eigenvalue weighted by Crippen LogP contribution is -2.39. The number of carbonyl (C=O) groups excluding carboxylic acids is 1. The maximum atomic E-state index is 11.7. The molecule has 0 amide bonds. The average molecular weight is 263 g/mol. The van der Waals surface area contributed by atoms with Gasteiger partial charge in [0, 0.05) is 0 Å². The molecule has 1 aromatic rings. The molecule has 0 atom stereocenters. The summed E-state index contributed by atoms with van der Waals surface area (Å²) in [6, 6.07) is 9.49. The van der Waals surface area contributed by atoms with E-state index in [9.17, 15) is 4.79 Å². The van der Waals surface area contributed by atoms with E-state index in [0.29, 0.717) is 19.6 Å². The van der Waals surface area contributed by atoms with Crippen molar-refractivity contribution < 1.29 is 14.3 Å². The van der Waals surface area contributed by atoms with Crippen LogP contribution in [0.3, 0.4) is 0 Å². The Labute approximate surface area is 113 Å². The molecule has 4 heteroatoms. The third kappa shape index (κ3) is 3.96. The van der Waals surface area contributed by atoms with Crippen molar-refractivity contribution in [2.75, 3.05) is 19.8 Å². The number of para-hydroxylation sites is 1. The van der Waals surface area contributed by atoms with E-state index in [4.69, 9.17) is 15.2 Å². The van der Waals surface area contributed by atoms with Crippen LogP contribution in [0.15, 0.2) is 30.3 Å². The first kappa shape index (κ1) is 13.9. The molecule has 1 aliphatic rings. The Balaban J connectivity index is 1.62. The summed E-state index contributed by atoms with van der Waals surface area (Å²) in [5.41, 5.74) is 5.73. The van der Waals surface area contributed by atoms with Gasteiger partial charge in [0.15, 0.2) is 0 Å². The number of nitrogens with two attached hydrogens (primary N) is 1. The first-order valence-electron chi connectivity index (χ1n) is 6.78. The summed E-state index contributed by atoms with van der Waals surface area (Å²) in [6.45, 7) is 1.24. The minimum absolute atomic E-state index is 0.0113. The Kier molecular flexibility index (Phi) is 4.80. The quantitative estimate of drug-likeness (QED) is 0.604. The van der Waals surface area contributed by atoms with Crippen LogP contribution >= 0.6 is 0 Å². The topological polar surface area (TPSA) is 61.6 Å². The highest BCUT2D eigenvalue weighted by molar-refractivity contribution is 5.70. The third-order valence-corrected chi connectivity index (χ3v) is 3.72. The molecule has 2 N–H and O–H groups in total. The molecule has 4 nitrogen and oxygen atoms in total. The molecule has 0 aromatic heterocycles. The summed E-state index contributed by atoms with van der Waals surface area (Å²) in [7, 11) is 0. The summed E-state index contributed by atoms with van der Waals surface area (Å²) < 4.78 is 10.6. The fraction of sp³-hybridized carbons (Fsp3) is 0.533. The highest BCUT2D eigenvalue weighted by Gasteiger charge is 2.38. The Morgan fingerprint density at radius 2 is 1.95 bits per heavy atom. The number of carbonyl (C=O) groups is 1. The molecule has 1 saturated carbocycles. The summed E-state index contributed by atoms with van der Waals surface area (Å²) in [5.74, 6) is 0.623. The fourth-order valence-electron chi connectivity index (χ4n) is 2.32. The zero-order valence-electron chi connectivity index (χ0n) is 11.1. The van der Waals surface area contributed by atoms with Crippen molar-refractivity contribution >= 4 is 5.97 Å². The molecular formula is C15H21NO3. The van der Waals surface area contributed by atoms with Crippen molar-refractivity contribution in [3.63, 3.8) is 0 Å². The van der Waals surface area contributed by atoms with Gasteiger partial charge in [0.1, 0.15) is 19.0 Å². The maximum absolute atomic E-state index is 11.7. The van der Waals surface area contributed by atoms with Crippen LogP contribution in [0.1, 0.15) is 25.7 Å². The molecule has 2 rings (SSSR count). The van der Waals surface area contributed by atoms with E-state index in [1.54, 1.807) is 0 Å². The van der Waals surface area contributed by atoms with Crippen LogP contribution in [-0.2, 0) is 9.53 Å². The van der Waals surface area contributed by atoms with Gasteiger partial charge in [-0.1, -0.05) is 24.6 Å². The number of rotatable bonds is 7. The SMILES string of the molecule is NCC1(CC(=O)OCCOc2ccccc2)CCC1. The van der Waals surface area contributed by atoms with Gasteiger partial charge in [-0.3, -0.25) is 4.79 Å². The standard InChI is InChI=1S/C15H21NO3/c16-12-15(7-4-8-15)11-14(17)19-10-9-18-13-5-2-1-3-6-13/h1-3,5-6H,4,7-12,16H2. The summed E-state index contributed by atoms with van der Waals surface area (Å²) in [4.78, 5) is 11.7. The van der Waals surface area contributed by atoms with Crippen LogP contribution in [0.4, 0.5) is 0 Å². The Bertz CT molecular complexity index is 396. The van der Waals surface area contributed by atoms with Crippen LogP contribution in [0, 0.1) is 5.41 Å². The second-order valence-electron chi connectivity index (χ2n) is 5.12. The summed E-state index contributed by atoms with van der Waals surface area (Å²) in [6.07, 6.45) is 3.69. The van der Waals surface area contributed by atoms with Crippen LogP contribution < -0.4 is 10.5 Å². The lowest BCUT2D eigenvalue weighted by molar-refractivity contribution is -0.148. The average Bonchev–Trinajstić information content (AvgIpc) is 2.40. The number of esters is 1. The van der Waals surface area contributed by atoms with Gasteiger partial charge in [-0.2, -0.15) is 0 Å². The monoisotopic (exact) mass is 263 g/mol. The summed E-state index contributed by atoms with van der Waals surface area (Å²) in [5, 5.41) is 0. The molecular weight excluding hydrogens is 242 g/mol. The van der Waals surface area contributed by atoms with E-state index in [-0.39, 0.29) is 18.0 Å². The van der Waals surface area contributed by atoms with Crippen LogP contribution in [0.2, 0.25) is 0 Å². The number of benzene rings is 1. The van der Waals surface area contributed by atoms with Crippen molar-refractivity contribution in [3.05, 3.63) is 30.3 Å². The lowest BCUT2D eigenvalue weighted by atomic mass is 9.67. The lowest BCUT2D eigenvalue weighted by Gasteiger charge is -2.40. The van der Waals surface area contributed by atoms with Crippen molar-refractivity contribution in [1.82, 2.24) is 0 Å². The van der Waals surface area contributed by atoms with E-state index in [1.807, 2.05) is 30.3 Å². The summed E-state index contributed by atoms with van der Waals surface area (Å²) >= 11 is 0. The molecule has 1 aromatic carbocycles. The van der Waals surface area contributed by atoms with Crippen LogP contribution in [0.25, 0.3) is 0 Å². The van der Waals surface area contributed by atoms with Gasteiger partial charge in [0.05, 0.1) is 6.42 Å². The van der Waals surface area contributed by atoms with Crippen LogP contribution in [-0.4, -0.2) is 25.7 Å². The van der Waals surface area contributed by atoms with Gasteiger partial charge in [0.2, 0.25) is 0 Å². The molecule has 0 aliphatic heterocycles. The van der Waals surface area contributed by atoms with Gasteiger partial charge >= 0.3 is 5.97 Å². The maximum Gasteiger partial charge on any atom is 0.306 e. The Hall–Kier alpha value is -1.55. The molecule has 0 heterocycles. The molecule has 0 unspecified atom stereocenters. The third-order valence-electron chi connectivity index (χ3n) is 3.72. The van der Waals surface area contributed by atoms with Gasteiger partial charge in [0.25, 0.3) is 0 Å². The van der Waals surface area contributed by atoms with E-state index in [0.717, 1.165) is 18.6 Å². The van der Waals surface area contributed by atoms with Crippen LogP contribution in [0.5, 0.6) is 5.75 Å². The molecule has 0 bridgehead atoms. The normalized spacial score (nSPS) is 16.5. The van der Waals surface area contributed by atoms with Crippen molar-refractivity contribution in [2.24, 2.45) is 11.1 Å². The smallest absolute Gasteiger partial charge is 0.306 e.